The summed E-state index contributed by atoms with van der Waals surface area (Å²) >= 11 is 0. The topological polar surface area (TPSA) is 60.0 Å². The number of likely N-dealkylation sites (N-methyl/N-ethyl adjacent to an activating group) is 1. The Balaban J connectivity index is 2.34. The maximum atomic E-state index is 12.5. The van der Waals surface area contributed by atoms with Crippen molar-refractivity contribution in [1.82, 2.24) is 20.4 Å². The molecule has 0 saturated carbocycles. The number of carbonyl (C=O) groups is 1. The highest BCUT2D eigenvalue weighted by atomic mass is 16.2. The van der Waals surface area contributed by atoms with Gasteiger partial charge in [-0.2, -0.15) is 0 Å². The number of likely N-dealkylation sites (tertiary alicyclic amines) is 1. The van der Waals surface area contributed by atoms with Gasteiger partial charge in [0.25, 0.3) is 0 Å². The zero-order valence-corrected chi connectivity index (χ0v) is 17.7. The zero-order chi connectivity index (χ0) is 19.4. The number of nitrogens with zero attached hydrogens (tertiary/aromatic N) is 3. The first kappa shape index (κ1) is 22.7. The standard InChI is InChI=1S/C20H41N5O/c1-6-13-24(9-4)16-12-22-20(21-5)23-18-10-14-25(15-11-18)19(26)17(7-2)8-3/h17-18H,6-16H2,1-5H3,(H2,21,22,23). The smallest absolute Gasteiger partial charge is 0.225 e. The molecule has 1 rings (SSSR count). The number of piperidine rings is 1. The third-order valence-electron chi connectivity index (χ3n) is 5.41. The van der Waals surface area contributed by atoms with Crippen LogP contribution in [0.25, 0.3) is 0 Å². The Morgan fingerprint density at radius 2 is 1.81 bits per heavy atom. The van der Waals surface area contributed by atoms with Gasteiger partial charge in [0.05, 0.1) is 0 Å². The summed E-state index contributed by atoms with van der Waals surface area (Å²) in [6.45, 7) is 14.5. The van der Waals surface area contributed by atoms with Crippen LogP contribution >= 0.6 is 0 Å². The van der Waals surface area contributed by atoms with Crippen LogP contribution in [-0.4, -0.2) is 74.0 Å². The number of aliphatic imine (C=N–C) groups is 1. The van der Waals surface area contributed by atoms with E-state index in [1.165, 1.54) is 6.42 Å². The fourth-order valence-electron chi connectivity index (χ4n) is 3.60. The summed E-state index contributed by atoms with van der Waals surface area (Å²) in [5.41, 5.74) is 0. The van der Waals surface area contributed by atoms with E-state index >= 15 is 0 Å². The highest BCUT2D eigenvalue weighted by molar-refractivity contribution is 5.80. The van der Waals surface area contributed by atoms with Crippen molar-refractivity contribution in [2.75, 3.05) is 46.3 Å². The summed E-state index contributed by atoms with van der Waals surface area (Å²) in [7, 11) is 1.82. The lowest BCUT2D eigenvalue weighted by Crippen LogP contribution is -2.51. The van der Waals surface area contributed by atoms with E-state index in [4.69, 9.17) is 0 Å². The molecule has 0 aliphatic carbocycles. The second-order valence-electron chi connectivity index (χ2n) is 7.19. The van der Waals surface area contributed by atoms with E-state index in [2.05, 4.69) is 53.1 Å². The normalized spacial score (nSPS) is 16.4. The summed E-state index contributed by atoms with van der Waals surface area (Å²) < 4.78 is 0. The van der Waals surface area contributed by atoms with Crippen LogP contribution in [0.15, 0.2) is 4.99 Å². The van der Waals surface area contributed by atoms with Crippen LogP contribution in [0, 0.1) is 5.92 Å². The Morgan fingerprint density at radius 1 is 1.15 bits per heavy atom. The van der Waals surface area contributed by atoms with Gasteiger partial charge in [-0.25, -0.2) is 0 Å². The molecule has 1 amide bonds. The molecule has 26 heavy (non-hydrogen) atoms. The first-order chi connectivity index (χ1) is 12.6. The molecule has 0 unspecified atom stereocenters. The Hall–Kier alpha value is -1.30. The number of hydrogen-bond donors (Lipinski definition) is 2. The van der Waals surface area contributed by atoms with E-state index in [0.717, 1.165) is 70.9 Å². The molecule has 1 heterocycles. The van der Waals surface area contributed by atoms with Gasteiger partial charge >= 0.3 is 0 Å². The molecule has 152 valence electrons. The predicted molar refractivity (Wildman–Crippen MR) is 111 cm³/mol. The third-order valence-corrected chi connectivity index (χ3v) is 5.41. The van der Waals surface area contributed by atoms with Gasteiger partial charge in [0.1, 0.15) is 0 Å². The maximum Gasteiger partial charge on any atom is 0.225 e. The SMILES string of the molecule is CCCN(CC)CCNC(=NC)NC1CCN(C(=O)C(CC)CC)CC1. The van der Waals surface area contributed by atoms with E-state index in [-0.39, 0.29) is 5.92 Å². The molecular weight excluding hydrogens is 326 g/mol. The molecule has 0 spiro atoms. The van der Waals surface area contributed by atoms with E-state index in [1.807, 2.05) is 7.05 Å². The van der Waals surface area contributed by atoms with Gasteiger partial charge in [-0.15, -0.1) is 0 Å². The third kappa shape index (κ3) is 7.52. The molecule has 0 aromatic heterocycles. The molecule has 0 bridgehead atoms. The molecule has 0 aromatic rings. The molecule has 6 heteroatoms. The summed E-state index contributed by atoms with van der Waals surface area (Å²) in [5, 5.41) is 6.96. The molecule has 0 radical (unpaired) electrons. The van der Waals surface area contributed by atoms with Crippen LogP contribution in [0.3, 0.4) is 0 Å². The minimum atomic E-state index is 0.193. The largest absolute Gasteiger partial charge is 0.355 e. The van der Waals surface area contributed by atoms with E-state index in [9.17, 15) is 4.79 Å². The lowest BCUT2D eigenvalue weighted by molar-refractivity contribution is -0.136. The predicted octanol–water partition coefficient (Wildman–Crippen LogP) is 2.31. The van der Waals surface area contributed by atoms with Crippen LogP contribution in [0.1, 0.15) is 59.8 Å². The highest BCUT2D eigenvalue weighted by Crippen LogP contribution is 2.17. The number of amides is 1. The molecule has 1 saturated heterocycles. The van der Waals surface area contributed by atoms with Crippen molar-refractivity contribution >= 4 is 11.9 Å². The van der Waals surface area contributed by atoms with Gasteiger partial charge in [-0.3, -0.25) is 9.79 Å². The second-order valence-corrected chi connectivity index (χ2v) is 7.19. The average molecular weight is 368 g/mol. The van der Waals surface area contributed by atoms with Crippen LogP contribution in [0.5, 0.6) is 0 Å². The van der Waals surface area contributed by atoms with Gasteiger partial charge in [-0.1, -0.05) is 27.7 Å². The van der Waals surface area contributed by atoms with E-state index in [0.29, 0.717) is 11.9 Å². The van der Waals surface area contributed by atoms with Crippen LogP contribution in [0.2, 0.25) is 0 Å². The van der Waals surface area contributed by atoms with Crippen molar-refractivity contribution in [1.29, 1.82) is 0 Å². The van der Waals surface area contributed by atoms with Gasteiger partial charge < -0.3 is 20.4 Å². The van der Waals surface area contributed by atoms with Crippen molar-refractivity contribution in [3.63, 3.8) is 0 Å². The number of guanidine groups is 1. The molecule has 1 fully saturated rings. The Bertz CT molecular complexity index is 414. The van der Waals surface area contributed by atoms with E-state index < -0.39 is 0 Å². The summed E-state index contributed by atoms with van der Waals surface area (Å²) in [6, 6.07) is 0.393. The van der Waals surface area contributed by atoms with Crippen molar-refractivity contribution in [3.05, 3.63) is 0 Å². The number of rotatable bonds is 10. The monoisotopic (exact) mass is 367 g/mol. The lowest BCUT2D eigenvalue weighted by atomic mass is 9.98. The molecule has 0 atom stereocenters. The van der Waals surface area contributed by atoms with Gasteiger partial charge in [-0.05, 0) is 45.2 Å². The maximum absolute atomic E-state index is 12.5. The fourth-order valence-corrected chi connectivity index (χ4v) is 3.60. The molecular formula is C20H41N5O. The Labute approximate surface area is 160 Å². The first-order valence-electron chi connectivity index (χ1n) is 10.6. The summed E-state index contributed by atoms with van der Waals surface area (Å²) in [4.78, 5) is 21.4. The molecule has 2 N–H and O–H groups in total. The zero-order valence-electron chi connectivity index (χ0n) is 17.7. The average Bonchev–Trinajstić information content (AvgIpc) is 2.67. The molecule has 6 nitrogen and oxygen atoms in total. The van der Waals surface area contributed by atoms with Crippen LogP contribution < -0.4 is 10.6 Å². The minimum Gasteiger partial charge on any atom is -0.355 e. The van der Waals surface area contributed by atoms with E-state index in [1.54, 1.807) is 0 Å². The van der Waals surface area contributed by atoms with Gasteiger partial charge in [0.15, 0.2) is 5.96 Å². The first-order valence-corrected chi connectivity index (χ1v) is 10.6. The molecule has 1 aliphatic rings. The molecule has 0 aromatic carbocycles. The quantitative estimate of drug-likeness (QED) is 0.459. The number of hydrogen-bond acceptors (Lipinski definition) is 3. The van der Waals surface area contributed by atoms with Crippen molar-refractivity contribution in [2.24, 2.45) is 10.9 Å². The lowest BCUT2D eigenvalue weighted by Gasteiger charge is -2.35. The Morgan fingerprint density at radius 3 is 2.31 bits per heavy atom. The van der Waals surface area contributed by atoms with Crippen LogP contribution in [-0.2, 0) is 4.79 Å². The Kier molecular flexibility index (Phi) is 11.3. The second kappa shape index (κ2) is 13.0. The fraction of sp³-hybridized carbons (Fsp3) is 0.900. The van der Waals surface area contributed by atoms with Gasteiger partial charge in [0.2, 0.25) is 5.91 Å². The van der Waals surface area contributed by atoms with Gasteiger partial charge in [0, 0.05) is 45.2 Å². The summed E-state index contributed by atoms with van der Waals surface area (Å²) in [6.07, 6.45) is 5.05. The van der Waals surface area contributed by atoms with Crippen LogP contribution in [0.4, 0.5) is 0 Å². The van der Waals surface area contributed by atoms with Crippen molar-refractivity contribution in [2.45, 2.75) is 65.8 Å². The van der Waals surface area contributed by atoms with Crippen molar-refractivity contribution in [3.8, 4) is 0 Å². The van der Waals surface area contributed by atoms with Crippen molar-refractivity contribution < 1.29 is 4.79 Å². The summed E-state index contributed by atoms with van der Waals surface area (Å²) in [5.74, 6) is 1.41. The molecule has 1 aliphatic heterocycles. The minimum absolute atomic E-state index is 0.193. The number of carbonyl (C=O) groups excluding carboxylic acids is 1. The number of nitrogens with one attached hydrogen (secondary N) is 2. The highest BCUT2D eigenvalue weighted by Gasteiger charge is 2.26.